The standard InChI is InChI=1S/C27H32N4O5/c32-26-10-9-25(27(33)28-26)21-3-1-19(2-4-21)20-11-13-29(14-12-20)17-24-18-30(15-16-36-24)22-5-7-23(8-6-22)31(34)35/h1-8,20,24-25H,9-18H2,(H,28,32,33). The van der Waals surface area contributed by atoms with Crippen LogP contribution in [0.15, 0.2) is 48.5 Å². The summed E-state index contributed by atoms with van der Waals surface area (Å²) in [5, 5.41) is 13.4. The zero-order chi connectivity index (χ0) is 25.1. The van der Waals surface area contributed by atoms with E-state index in [0.717, 1.165) is 56.8 Å². The minimum absolute atomic E-state index is 0.108. The van der Waals surface area contributed by atoms with E-state index >= 15 is 0 Å². The van der Waals surface area contributed by atoms with Crippen molar-refractivity contribution in [2.24, 2.45) is 0 Å². The molecule has 2 unspecified atom stereocenters. The molecule has 2 atom stereocenters. The summed E-state index contributed by atoms with van der Waals surface area (Å²) < 4.78 is 6.05. The first-order valence-corrected chi connectivity index (χ1v) is 12.7. The highest BCUT2D eigenvalue weighted by atomic mass is 16.6. The monoisotopic (exact) mass is 492 g/mol. The van der Waals surface area contributed by atoms with Gasteiger partial charge in [-0.15, -0.1) is 0 Å². The van der Waals surface area contributed by atoms with Gasteiger partial charge in [-0.3, -0.25) is 25.0 Å². The zero-order valence-electron chi connectivity index (χ0n) is 20.3. The van der Waals surface area contributed by atoms with Gasteiger partial charge in [-0.05, 0) is 61.5 Å². The molecule has 0 aromatic heterocycles. The topological polar surface area (TPSA) is 105 Å². The van der Waals surface area contributed by atoms with Gasteiger partial charge < -0.3 is 14.5 Å². The van der Waals surface area contributed by atoms with Gasteiger partial charge in [-0.2, -0.15) is 0 Å². The smallest absolute Gasteiger partial charge is 0.269 e. The summed E-state index contributed by atoms with van der Waals surface area (Å²) in [6.07, 6.45) is 3.24. The Labute approximate surface area is 210 Å². The van der Waals surface area contributed by atoms with E-state index in [2.05, 4.69) is 27.2 Å². The normalized spacial score (nSPS) is 23.9. The van der Waals surface area contributed by atoms with Gasteiger partial charge in [-0.1, -0.05) is 24.3 Å². The van der Waals surface area contributed by atoms with E-state index < -0.39 is 0 Å². The number of morpholine rings is 1. The Balaban J connectivity index is 1.11. The summed E-state index contributed by atoms with van der Waals surface area (Å²) in [4.78, 5) is 38.8. The Kier molecular flexibility index (Phi) is 7.29. The number of anilines is 1. The number of non-ortho nitro benzene ring substituents is 1. The first-order valence-electron chi connectivity index (χ1n) is 12.7. The molecule has 3 heterocycles. The number of nitro benzene ring substituents is 1. The first-order chi connectivity index (χ1) is 17.5. The fourth-order valence-electron chi connectivity index (χ4n) is 5.60. The number of nitrogens with zero attached hydrogens (tertiary/aromatic N) is 3. The van der Waals surface area contributed by atoms with E-state index in [1.807, 2.05) is 24.3 Å². The number of ether oxygens (including phenoxy) is 1. The average molecular weight is 493 g/mol. The van der Waals surface area contributed by atoms with Crippen LogP contribution in [-0.4, -0.2) is 67.1 Å². The van der Waals surface area contributed by atoms with Crippen LogP contribution in [0.2, 0.25) is 0 Å². The van der Waals surface area contributed by atoms with Crippen molar-refractivity contribution in [1.29, 1.82) is 0 Å². The number of nitrogens with one attached hydrogen (secondary N) is 1. The van der Waals surface area contributed by atoms with Crippen LogP contribution in [-0.2, 0) is 14.3 Å². The van der Waals surface area contributed by atoms with Crippen molar-refractivity contribution >= 4 is 23.2 Å². The molecule has 3 aliphatic heterocycles. The van der Waals surface area contributed by atoms with Crippen molar-refractivity contribution < 1.29 is 19.2 Å². The van der Waals surface area contributed by atoms with E-state index in [1.165, 1.54) is 5.56 Å². The lowest BCUT2D eigenvalue weighted by molar-refractivity contribution is -0.384. The van der Waals surface area contributed by atoms with Crippen LogP contribution < -0.4 is 10.2 Å². The van der Waals surface area contributed by atoms with Crippen LogP contribution in [0.1, 0.15) is 48.6 Å². The molecule has 0 bridgehead atoms. The molecule has 9 nitrogen and oxygen atoms in total. The number of carbonyl (C=O) groups is 2. The van der Waals surface area contributed by atoms with E-state index in [-0.39, 0.29) is 34.4 Å². The minimum Gasteiger partial charge on any atom is -0.373 e. The summed E-state index contributed by atoms with van der Waals surface area (Å²) in [6, 6.07) is 15.1. The maximum absolute atomic E-state index is 12.2. The number of amides is 2. The first kappa shape index (κ1) is 24.4. The summed E-state index contributed by atoms with van der Waals surface area (Å²) in [5.74, 6) is -0.109. The summed E-state index contributed by atoms with van der Waals surface area (Å²) in [6.45, 7) is 5.11. The molecule has 0 aliphatic carbocycles. The van der Waals surface area contributed by atoms with Crippen molar-refractivity contribution in [2.75, 3.05) is 44.2 Å². The van der Waals surface area contributed by atoms with Gasteiger partial charge in [0.2, 0.25) is 11.8 Å². The highest BCUT2D eigenvalue weighted by molar-refractivity contribution is 6.00. The highest BCUT2D eigenvalue weighted by Gasteiger charge is 2.29. The summed E-state index contributed by atoms with van der Waals surface area (Å²) >= 11 is 0. The molecule has 2 aromatic carbocycles. The van der Waals surface area contributed by atoms with Crippen molar-refractivity contribution in [3.05, 3.63) is 69.8 Å². The molecule has 2 amide bonds. The van der Waals surface area contributed by atoms with E-state index in [4.69, 9.17) is 4.74 Å². The molecule has 1 N–H and O–H groups in total. The van der Waals surface area contributed by atoms with Crippen LogP contribution in [0.3, 0.4) is 0 Å². The summed E-state index contributed by atoms with van der Waals surface area (Å²) in [5.41, 5.74) is 3.39. The van der Waals surface area contributed by atoms with Gasteiger partial charge in [0.1, 0.15) is 0 Å². The van der Waals surface area contributed by atoms with Crippen molar-refractivity contribution in [3.8, 4) is 0 Å². The molecule has 9 heteroatoms. The van der Waals surface area contributed by atoms with Crippen molar-refractivity contribution in [3.63, 3.8) is 0 Å². The Hall–Kier alpha value is -3.30. The molecule has 3 aliphatic rings. The molecule has 3 fully saturated rings. The number of hydrogen-bond acceptors (Lipinski definition) is 7. The molecule has 5 rings (SSSR count). The number of carbonyl (C=O) groups excluding carboxylic acids is 2. The van der Waals surface area contributed by atoms with Gasteiger partial charge in [0.05, 0.1) is 23.6 Å². The number of nitro groups is 1. The maximum atomic E-state index is 12.2. The maximum Gasteiger partial charge on any atom is 0.269 e. The number of benzene rings is 2. The predicted molar refractivity (Wildman–Crippen MR) is 135 cm³/mol. The summed E-state index contributed by atoms with van der Waals surface area (Å²) in [7, 11) is 0. The third-order valence-electron chi connectivity index (χ3n) is 7.66. The molecule has 0 radical (unpaired) electrons. The predicted octanol–water partition coefficient (Wildman–Crippen LogP) is 3.20. The average Bonchev–Trinajstić information content (AvgIpc) is 2.90. The van der Waals surface area contributed by atoms with Gasteiger partial charge >= 0.3 is 0 Å². The zero-order valence-corrected chi connectivity index (χ0v) is 20.3. The van der Waals surface area contributed by atoms with Gasteiger partial charge in [0, 0.05) is 43.9 Å². The van der Waals surface area contributed by atoms with Gasteiger partial charge in [0.25, 0.3) is 5.69 Å². The van der Waals surface area contributed by atoms with Crippen molar-refractivity contribution in [1.82, 2.24) is 10.2 Å². The Bertz CT molecular complexity index is 1100. The largest absolute Gasteiger partial charge is 0.373 e. The van der Waals surface area contributed by atoms with E-state index in [1.54, 1.807) is 12.1 Å². The minimum atomic E-state index is -0.373. The SMILES string of the molecule is O=C1CCC(c2ccc(C3CCN(CC4CN(c5ccc([N+](=O)[O-])cc5)CCO4)CC3)cc2)C(=O)N1. The van der Waals surface area contributed by atoms with Gasteiger partial charge in [0.15, 0.2) is 0 Å². The van der Waals surface area contributed by atoms with Crippen LogP contribution >= 0.6 is 0 Å². The number of likely N-dealkylation sites (tertiary alicyclic amines) is 1. The number of hydrogen-bond donors (Lipinski definition) is 1. The molecular formula is C27H32N4O5. The third-order valence-corrected chi connectivity index (χ3v) is 7.66. The Morgan fingerprint density at radius 2 is 1.64 bits per heavy atom. The molecule has 36 heavy (non-hydrogen) atoms. The lowest BCUT2D eigenvalue weighted by atomic mass is 9.86. The Morgan fingerprint density at radius 3 is 2.31 bits per heavy atom. The van der Waals surface area contributed by atoms with Gasteiger partial charge in [-0.25, -0.2) is 0 Å². The van der Waals surface area contributed by atoms with Crippen LogP contribution in [0.5, 0.6) is 0 Å². The molecule has 2 aromatic rings. The van der Waals surface area contributed by atoms with E-state index in [0.29, 0.717) is 25.4 Å². The fourth-order valence-corrected chi connectivity index (χ4v) is 5.60. The van der Waals surface area contributed by atoms with Crippen LogP contribution in [0, 0.1) is 10.1 Å². The fraction of sp³-hybridized carbons (Fsp3) is 0.481. The quantitative estimate of drug-likeness (QED) is 0.375. The number of imide groups is 1. The lowest BCUT2D eigenvalue weighted by Gasteiger charge is -2.39. The molecule has 0 saturated carbocycles. The molecule has 3 saturated heterocycles. The highest BCUT2D eigenvalue weighted by Crippen LogP contribution is 2.31. The molecular weight excluding hydrogens is 460 g/mol. The Morgan fingerprint density at radius 1 is 0.944 bits per heavy atom. The van der Waals surface area contributed by atoms with Crippen LogP contribution in [0.25, 0.3) is 0 Å². The second-order valence-electron chi connectivity index (χ2n) is 9.96. The number of rotatable bonds is 6. The second-order valence-corrected chi connectivity index (χ2v) is 9.96. The van der Waals surface area contributed by atoms with Crippen molar-refractivity contribution in [2.45, 2.75) is 43.6 Å². The number of piperidine rings is 2. The molecule has 190 valence electrons. The third kappa shape index (κ3) is 5.57. The second kappa shape index (κ2) is 10.8. The van der Waals surface area contributed by atoms with E-state index in [9.17, 15) is 19.7 Å². The molecule has 0 spiro atoms. The van der Waals surface area contributed by atoms with Crippen LogP contribution in [0.4, 0.5) is 11.4 Å². The lowest BCUT2D eigenvalue weighted by Crippen LogP contribution is -2.49.